The standard InChI is InChI=1S/C15H24N2O2S/c1-11-7-8-14(16)12(2)15(11)20(18,19)17-10-9-13-5-3-4-6-13/h7-8,13,17H,3-6,9-10,16H2,1-2H3. The van der Waals surface area contributed by atoms with Gasteiger partial charge in [-0.2, -0.15) is 0 Å². The van der Waals surface area contributed by atoms with Crippen LogP contribution in [0.2, 0.25) is 0 Å². The van der Waals surface area contributed by atoms with Crippen molar-refractivity contribution in [2.45, 2.75) is 50.8 Å². The third-order valence-corrected chi connectivity index (χ3v) is 5.98. The van der Waals surface area contributed by atoms with E-state index in [1.807, 2.05) is 0 Å². The van der Waals surface area contributed by atoms with Gasteiger partial charge in [-0.15, -0.1) is 0 Å². The monoisotopic (exact) mass is 296 g/mol. The molecule has 5 heteroatoms. The van der Waals surface area contributed by atoms with Crippen molar-refractivity contribution < 1.29 is 8.42 Å². The first-order valence-corrected chi connectivity index (χ1v) is 8.75. The molecule has 0 spiro atoms. The van der Waals surface area contributed by atoms with Gasteiger partial charge in [0.05, 0.1) is 4.90 Å². The van der Waals surface area contributed by atoms with Gasteiger partial charge in [0.1, 0.15) is 0 Å². The van der Waals surface area contributed by atoms with Crippen molar-refractivity contribution in [3.05, 3.63) is 23.3 Å². The predicted octanol–water partition coefficient (Wildman–Crippen LogP) is 2.74. The molecular formula is C15H24N2O2S. The molecule has 0 aromatic heterocycles. The van der Waals surface area contributed by atoms with Crippen molar-refractivity contribution in [2.24, 2.45) is 5.92 Å². The largest absolute Gasteiger partial charge is 0.398 e. The van der Waals surface area contributed by atoms with Crippen LogP contribution in [0.4, 0.5) is 5.69 Å². The summed E-state index contributed by atoms with van der Waals surface area (Å²) >= 11 is 0. The predicted molar refractivity (Wildman–Crippen MR) is 82.1 cm³/mol. The summed E-state index contributed by atoms with van der Waals surface area (Å²) < 4.78 is 27.6. The van der Waals surface area contributed by atoms with Gasteiger partial charge in [0.2, 0.25) is 10.0 Å². The normalized spacial score (nSPS) is 16.7. The Balaban J connectivity index is 2.08. The van der Waals surface area contributed by atoms with Crippen LogP contribution in [-0.4, -0.2) is 15.0 Å². The number of nitrogen functional groups attached to an aromatic ring is 1. The number of hydrogen-bond acceptors (Lipinski definition) is 3. The second kappa shape index (κ2) is 6.14. The number of hydrogen-bond donors (Lipinski definition) is 2. The summed E-state index contributed by atoms with van der Waals surface area (Å²) in [6, 6.07) is 3.51. The molecule has 3 N–H and O–H groups in total. The molecule has 0 unspecified atom stereocenters. The Hall–Kier alpha value is -1.07. The average molecular weight is 296 g/mol. The molecular weight excluding hydrogens is 272 g/mol. The second-order valence-electron chi connectivity index (χ2n) is 5.76. The van der Waals surface area contributed by atoms with E-state index >= 15 is 0 Å². The van der Waals surface area contributed by atoms with E-state index < -0.39 is 10.0 Å². The first-order valence-electron chi connectivity index (χ1n) is 7.27. The van der Waals surface area contributed by atoms with Crippen molar-refractivity contribution >= 4 is 15.7 Å². The van der Waals surface area contributed by atoms with Gasteiger partial charge in [0, 0.05) is 12.2 Å². The fourth-order valence-electron chi connectivity index (χ4n) is 3.02. The van der Waals surface area contributed by atoms with Crippen molar-refractivity contribution in [1.29, 1.82) is 0 Å². The summed E-state index contributed by atoms with van der Waals surface area (Å²) in [5.41, 5.74) is 7.72. The summed E-state index contributed by atoms with van der Waals surface area (Å²) in [6.45, 7) is 4.08. The van der Waals surface area contributed by atoms with E-state index in [4.69, 9.17) is 5.73 Å². The number of aryl methyl sites for hydroxylation is 1. The van der Waals surface area contributed by atoms with Crippen molar-refractivity contribution in [2.75, 3.05) is 12.3 Å². The molecule has 4 nitrogen and oxygen atoms in total. The number of sulfonamides is 1. The topological polar surface area (TPSA) is 72.2 Å². The zero-order chi connectivity index (χ0) is 14.8. The average Bonchev–Trinajstić information content (AvgIpc) is 2.87. The molecule has 0 heterocycles. The van der Waals surface area contributed by atoms with Gasteiger partial charge < -0.3 is 5.73 Å². The summed E-state index contributed by atoms with van der Waals surface area (Å²) in [4.78, 5) is 0.337. The smallest absolute Gasteiger partial charge is 0.241 e. The van der Waals surface area contributed by atoms with Crippen LogP contribution in [0.5, 0.6) is 0 Å². The maximum absolute atomic E-state index is 12.4. The molecule has 0 aliphatic heterocycles. The van der Waals surface area contributed by atoms with Crippen LogP contribution < -0.4 is 10.5 Å². The zero-order valence-electron chi connectivity index (χ0n) is 12.3. The lowest BCUT2D eigenvalue weighted by Crippen LogP contribution is -2.27. The molecule has 112 valence electrons. The minimum atomic E-state index is -3.47. The Morgan fingerprint density at radius 3 is 2.55 bits per heavy atom. The number of rotatable bonds is 5. The highest BCUT2D eigenvalue weighted by Gasteiger charge is 2.21. The quantitative estimate of drug-likeness (QED) is 0.821. The van der Waals surface area contributed by atoms with Gasteiger partial charge in [-0.05, 0) is 43.4 Å². The highest BCUT2D eigenvalue weighted by atomic mass is 32.2. The summed E-state index contributed by atoms with van der Waals surface area (Å²) in [6.07, 6.45) is 5.96. The SMILES string of the molecule is Cc1ccc(N)c(C)c1S(=O)(=O)NCCC1CCCC1. The number of nitrogens with one attached hydrogen (secondary N) is 1. The van der Waals surface area contributed by atoms with E-state index in [1.165, 1.54) is 25.7 Å². The minimum absolute atomic E-state index is 0.337. The van der Waals surface area contributed by atoms with Gasteiger partial charge >= 0.3 is 0 Å². The third-order valence-electron chi connectivity index (χ3n) is 4.23. The van der Waals surface area contributed by atoms with E-state index in [-0.39, 0.29) is 0 Å². The molecule has 1 aromatic carbocycles. The second-order valence-corrected chi connectivity index (χ2v) is 7.47. The Bertz CT molecular complexity index is 576. The molecule has 1 fully saturated rings. The summed E-state index contributed by atoms with van der Waals surface area (Å²) in [7, 11) is -3.47. The van der Waals surface area contributed by atoms with Crippen LogP contribution in [0.25, 0.3) is 0 Å². The van der Waals surface area contributed by atoms with Crippen molar-refractivity contribution in [1.82, 2.24) is 4.72 Å². The van der Waals surface area contributed by atoms with Crippen molar-refractivity contribution in [3.8, 4) is 0 Å². The van der Waals surface area contributed by atoms with E-state index in [1.54, 1.807) is 26.0 Å². The maximum atomic E-state index is 12.4. The van der Waals surface area contributed by atoms with E-state index in [0.29, 0.717) is 28.6 Å². The van der Waals surface area contributed by atoms with Crippen molar-refractivity contribution in [3.63, 3.8) is 0 Å². The number of benzene rings is 1. The zero-order valence-corrected chi connectivity index (χ0v) is 13.1. The molecule has 2 rings (SSSR count). The Morgan fingerprint density at radius 1 is 1.25 bits per heavy atom. The van der Waals surface area contributed by atoms with Gasteiger partial charge in [-0.1, -0.05) is 31.7 Å². The molecule has 1 aromatic rings. The molecule has 1 aliphatic carbocycles. The minimum Gasteiger partial charge on any atom is -0.398 e. The molecule has 0 saturated heterocycles. The Kier molecular flexibility index (Phi) is 4.70. The molecule has 0 radical (unpaired) electrons. The highest BCUT2D eigenvalue weighted by Crippen LogP contribution is 2.28. The molecule has 1 aliphatic rings. The number of anilines is 1. The fourth-order valence-corrected chi connectivity index (χ4v) is 4.57. The Labute approximate surface area is 121 Å². The van der Waals surface area contributed by atoms with Crippen LogP contribution in [-0.2, 0) is 10.0 Å². The molecule has 0 amide bonds. The lowest BCUT2D eigenvalue weighted by Gasteiger charge is -2.15. The van der Waals surface area contributed by atoms with Crippen LogP contribution in [0, 0.1) is 19.8 Å². The van der Waals surface area contributed by atoms with Crippen LogP contribution in [0.1, 0.15) is 43.2 Å². The van der Waals surface area contributed by atoms with Gasteiger partial charge in [0.25, 0.3) is 0 Å². The molecule has 0 bridgehead atoms. The third kappa shape index (κ3) is 3.33. The molecule has 1 saturated carbocycles. The van der Waals surface area contributed by atoms with Gasteiger partial charge in [0.15, 0.2) is 0 Å². The van der Waals surface area contributed by atoms with Gasteiger partial charge in [-0.3, -0.25) is 0 Å². The fraction of sp³-hybridized carbons (Fsp3) is 0.600. The molecule has 20 heavy (non-hydrogen) atoms. The van der Waals surface area contributed by atoms with Crippen LogP contribution in [0.3, 0.4) is 0 Å². The van der Waals surface area contributed by atoms with E-state index in [0.717, 1.165) is 12.0 Å². The van der Waals surface area contributed by atoms with E-state index in [9.17, 15) is 8.42 Å². The van der Waals surface area contributed by atoms with E-state index in [2.05, 4.69) is 4.72 Å². The summed E-state index contributed by atoms with van der Waals surface area (Å²) in [5.74, 6) is 0.681. The first kappa shape index (κ1) is 15.3. The van der Waals surface area contributed by atoms with Crippen LogP contribution >= 0.6 is 0 Å². The highest BCUT2D eigenvalue weighted by molar-refractivity contribution is 7.89. The number of nitrogens with two attached hydrogens (primary N) is 1. The van der Waals surface area contributed by atoms with Crippen LogP contribution in [0.15, 0.2) is 17.0 Å². The lowest BCUT2D eigenvalue weighted by molar-refractivity contribution is 0.495. The molecule has 0 atom stereocenters. The Morgan fingerprint density at radius 2 is 1.90 bits per heavy atom. The van der Waals surface area contributed by atoms with Gasteiger partial charge in [-0.25, -0.2) is 13.1 Å². The summed E-state index contributed by atoms with van der Waals surface area (Å²) in [5, 5.41) is 0. The lowest BCUT2D eigenvalue weighted by atomic mass is 10.1. The maximum Gasteiger partial charge on any atom is 0.241 e. The first-order chi connectivity index (χ1) is 9.42.